The van der Waals surface area contributed by atoms with Crippen molar-refractivity contribution in [3.05, 3.63) is 23.3 Å². The van der Waals surface area contributed by atoms with Crippen LogP contribution in [0, 0.1) is 6.92 Å². The van der Waals surface area contributed by atoms with Crippen LogP contribution >= 0.6 is 0 Å². The SMILES string of the molecule is Cc1c(O)ccc2c1OC(C[Se]=O)C2. The second-order valence-corrected chi connectivity index (χ2v) is 4.62. The van der Waals surface area contributed by atoms with Crippen molar-refractivity contribution in [3.63, 3.8) is 0 Å². The summed E-state index contributed by atoms with van der Waals surface area (Å²) in [6.07, 6.45) is 0.837. The number of fused-ring (bicyclic) bond motifs is 1. The molecule has 1 aromatic rings. The van der Waals surface area contributed by atoms with E-state index in [0.717, 1.165) is 23.3 Å². The van der Waals surface area contributed by atoms with Gasteiger partial charge in [0.05, 0.1) is 0 Å². The number of hydrogen-bond donors (Lipinski definition) is 1. The molecule has 1 unspecified atom stereocenters. The fourth-order valence-electron chi connectivity index (χ4n) is 1.68. The third-order valence-corrected chi connectivity index (χ3v) is 3.51. The number of benzene rings is 1. The molecule has 2 rings (SSSR count). The predicted molar refractivity (Wildman–Crippen MR) is 52.2 cm³/mol. The molecule has 3 nitrogen and oxygen atoms in total. The number of rotatable bonds is 2. The molecule has 1 aromatic carbocycles. The van der Waals surface area contributed by atoms with Gasteiger partial charge < -0.3 is 0 Å². The van der Waals surface area contributed by atoms with Crippen LogP contribution in [0.1, 0.15) is 11.1 Å². The van der Waals surface area contributed by atoms with E-state index < -0.39 is 14.9 Å². The molecular weight excluding hydrogens is 247 g/mol. The number of phenols is 1. The van der Waals surface area contributed by atoms with E-state index in [1.807, 2.05) is 13.0 Å². The van der Waals surface area contributed by atoms with E-state index in [9.17, 15) is 8.94 Å². The molecule has 0 amide bonds. The molecule has 4 heteroatoms. The predicted octanol–water partition coefficient (Wildman–Crippen LogP) is 1.47. The van der Waals surface area contributed by atoms with Crippen molar-refractivity contribution in [1.29, 1.82) is 0 Å². The van der Waals surface area contributed by atoms with Gasteiger partial charge in [-0.3, -0.25) is 0 Å². The average Bonchev–Trinajstić information content (AvgIpc) is 2.56. The Morgan fingerprint density at radius 2 is 2.43 bits per heavy atom. The van der Waals surface area contributed by atoms with Crippen LogP contribution in [0.25, 0.3) is 0 Å². The second kappa shape index (κ2) is 3.71. The number of aromatic hydroxyl groups is 1. The Hall–Kier alpha value is -0.861. The molecule has 0 bridgehead atoms. The minimum atomic E-state index is -0.595. The van der Waals surface area contributed by atoms with Crippen molar-refractivity contribution in [2.24, 2.45) is 0 Å². The molecular formula is C10H11O3Se. The number of phenolic OH excluding ortho intramolecular Hbond substituents is 1. The molecule has 1 aliphatic heterocycles. The van der Waals surface area contributed by atoms with Crippen molar-refractivity contribution in [1.82, 2.24) is 0 Å². The molecule has 0 fully saturated rings. The third kappa shape index (κ3) is 1.55. The third-order valence-electron chi connectivity index (χ3n) is 2.44. The zero-order chi connectivity index (χ0) is 10.1. The van der Waals surface area contributed by atoms with Crippen LogP contribution in [0.15, 0.2) is 12.1 Å². The zero-order valence-electron chi connectivity index (χ0n) is 7.82. The van der Waals surface area contributed by atoms with Crippen molar-refractivity contribution in [3.8, 4) is 11.5 Å². The summed E-state index contributed by atoms with van der Waals surface area (Å²) >= 11 is -0.595. The van der Waals surface area contributed by atoms with Crippen molar-refractivity contribution in [2.45, 2.75) is 24.8 Å². The van der Waals surface area contributed by atoms with Gasteiger partial charge in [-0.25, -0.2) is 0 Å². The quantitative estimate of drug-likeness (QED) is 0.817. The van der Waals surface area contributed by atoms with Gasteiger partial charge in [0.25, 0.3) is 0 Å². The van der Waals surface area contributed by atoms with Crippen molar-refractivity contribution in [2.75, 3.05) is 0 Å². The minimum absolute atomic E-state index is 0.0306. The molecule has 75 valence electrons. The molecule has 1 N–H and O–H groups in total. The van der Waals surface area contributed by atoms with Crippen LogP contribution in [-0.2, 0) is 10.3 Å². The van der Waals surface area contributed by atoms with Crippen LogP contribution in [-0.4, -0.2) is 26.1 Å². The Kier molecular flexibility index (Phi) is 2.57. The van der Waals surface area contributed by atoms with Crippen LogP contribution in [0.2, 0.25) is 5.32 Å². The molecule has 14 heavy (non-hydrogen) atoms. The number of hydrogen-bond acceptors (Lipinski definition) is 3. The molecule has 1 aliphatic rings. The van der Waals surface area contributed by atoms with Gasteiger partial charge in [0, 0.05) is 0 Å². The maximum atomic E-state index is 10.5. The van der Waals surface area contributed by atoms with E-state index >= 15 is 0 Å². The molecule has 1 radical (unpaired) electrons. The molecule has 0 saturated heterocycles. The van der Waals surface area contributed by atoms with E-state index in [1.165, 1.54) is 0 Å². The van der Waals surface area contributed by atoms with Crippen LogP contribution < -0.4 is 4.74 Å². The van der Waals surface area contributed by atoms with Gasteiger partial charge in [0.15, 0.2) is 0 Å². The van der Waals surface area contributed by atoms with Crippen molar-refractivity contribution >= 4 is 14.9 Å². The summed E-state index contributed by atoms with van der Waals surface area (Å²) in [7, 11) is 0. The monoisotopic (exact) mass is 259 g/mol. The Bertz CT molecular complexity index is 376. The van der Waals surface area contributed by atoms with Gasteiger partial charge >= 0.3 is 88.1 Å². The summed E-state index contributed by atoms with van der Waals surface area (Å²) in [5, 5.41) is 10.1. The van der Waals surface area contributed by atoms with Crippen LogP contribution in [0.4, 0.5) is 0 Å². The second-order valence-electron chi connectivity index (χ2n) is 3.43. The molecule has 0 aliphatic carbocycles. The normalized spacial score (nSPS) is 18.8. The van der Waals surface area contributed by atoms with Crippen LogP contribution in [0.5, 0.6) is 11.5 Å². The maximum absolute atomic E-state index is 10.5. The molecule has 1 atom stereocenters. The first-order valence-corrected chi connectivity index (χ1v) is 6.36. The molecule has 0 saturated carbocycles. The fourth-order valence-corrected chi connectivity index (χ4v) is 2.39. The van der Waals surface area contributed by atoms with E-state index in [-0.39, 0.29) is 11.9 Å². The fraction of sp³-hybridized carbons (Fsp3) is 0.400. The Labute approximate surface area is 88.4 Å². The van der Waals surface area contributed by atoms with Gasteiger partial charge in [0.2, 0.25) is 0 Å². The van der Waals surface area contributed by atoms with Gasteiger partial charge in [-0.2, -0.15) is 0 Å². The standard InChI is InChI=1S/C10H11O3Se/c1-6-9(11)3-2-7-4-8(5-14-12)13-10(6)7/h2-3,8,11H,4-5H2,1H3. The van der Waals surface area contributed by atoms with Crippen LogP contribution in [0.3, 0.4) is 0 Å². The summed E-state index contributed by atoms with van der Waals surface area (Å²) in [5.74, 6) is 1.04. The Morgan fingerprint density at radius 3 is 3.14 bits per heavy atom. The summed E-state index contributed by atoms with van der Waals surface area (Å²) in [4.78, 5) is 0. The number of ether oxygens (including phenoxy) is 1. The summed E-state index contributed by atoms with van der Waals surface area (Å²) in [6, 6.07) is 3.55. The van der Waals surface area contributed by atoms with E-state index in [2.05, 4.69) is 0 Å². The van der Waals surface area contributed by atoms with Crippen molar-refractivity contribution < 1.29 is 13.7 Å². The summed E-state index contributed by atoms with van der Waals surface area (Å²) < 4.78 is 16.1. The molecule has 0 aromatic heterocycles. The van der Waals surface area contributed by atoms with Gasteiger partial charge in [-0.05, 0) is 0 Å². The van der Waals surface area contributed by atoms with E-state index in [1.54, 1.807) is 6.07 Å². The van der Waals surface area contributed by atoms with E-state index in [4.69, 9.17) is 4.74 Å². The first kappa shape index (κ1) is 9.69. The van der Waals surface area contributed by atoms with Gasteiger partial charge in [-0.1, -0.05) is 0 Å². The Balaban J connectivity index is 2.30. The van der Waals surface area contributed by atoms with E-state index in [0.29, 0.717) is 5.32 Å². The summed E-state index contributed by atoms with van der Waals surface area (Å²) in [6.45, 7) is 1.83. The Morgan fingerprint density at radius 1 is 1.64 bits per heavy atom. The topological polar surface area (TPSA) is 46.5 Å². The zero-order valence-corrected chi connectivity index (χ0v) is 9.53. The van der Waals surface area contributed by atoms with Gasteiger partial charge in [-0.15, -0.1) is 0 Å². The molecule has 1 heterocycles. The first-order valence-electron chi connectivity index (χ1n) is 4.45. The average molecular weight is 258 g/mol. The summed E-state index contributed by atoms with van der Waals surface area (Å²) in [5.41, 5.74) is 1.89. The molecule has 0 spiro atoms. The first-order chi connectivity index (χ1) is 6.72. The van der Waals surface area contributed by atoms with Gasteiger partial charge in [0.1, 0.15) is 0 Å².